The molecule has 2 rings (SSSR count). The second kappa shape index (κ2) is 8.41. The fraction of sp³-hybridized carbons (Fsp3) is 0.667. The van der Waals surface area contributed by atoms with Gasteiger partial charge in [-0.25, -0.2) is 9.78 Å². The van der Waals surface area contributed by atoms with Gasteiger partial charge in [0.05, 0.1) is 6.61 Å². The van der Waals surface area contributed by atoms with Crippen LogP contribution in [0.15, 0.2) is 12.3 Å². The van der Waals surface area contributed by atoms with Gasteiger partial charge < -0.3 is 20.3 Å². The first-order valence-electron chi connectivity index (χ1n) is 7.98. The van der Waals surface area contributed by atoms with Gasteiger partial charge in [0, 0.05) is 31.9 Å². The largest absolute Gasteiger partial charge is 0.450 e. The Hall–Kier alpha value is -2.05. The summed E-state index contributed by atoms with van der Waals surface area (Å²) in [6.07, 6.45) is 4.33. The number of likely N-dealkylation sites (tertiary alicyclic amines) is 1. The minimum absolute atomic E-state index is 0.219. The van der Waals surface area contributed by atoms with Crippen molar-refractivity contribution in [2.45, 2.75) is 39.2 Å². The lowest BCUT2D eigenvalue weighted by Crippen LogP contribution is -2.42. The summed E-state index contributed by atoms with van der Waals surface area (Å²) in [4.78, 5) is 22.1. The highest BCUT2D eigenvalue weighted by Gasteiger charge is 2.23. The summed E-state index contributed by atoms with van der Waals surface area (Å²) in [6, 6.07) is 2.15. The Bertz CT molecular complexity index is 475. The number of amides is 1. The molecule has 1 aliphatic heterocycles. The molecule has 7 heteroatoms. The second-order valence-electron chi connectivity index (χ2n) is 5.30. The highest BCUT2D eigenvalue weighted by molar-refractivity contribution is 5.67. The Morgan fingerprint density at radius 1 is 1.41 bits per heavy atom. The van der Waals surface area contributed by atoms with Crippen LogP contribution in [0, 0.1) is 0 Å². The van der Waals surface area contributed by atoms with Crippen LogP contribution >= 0.6 is 0 Å². The van der Waals surface area contributed by atoms with Gasteiger partial charge in [-0.05, 0) is 32.3 Å². The van der Waals surface area contributed by atoms with Gasteiger partial charge in [0.25, 0.3) is 0 Å². The number of carbonyl (C=O) groups excluding carboxylic acids is 1. The second-order valence-corrected chi connectivity index (χ2v) is 5.30. The van der Waals surface area contributed by atoms with Crippen LogP contribution < -0.4 is 10.6 Å². The van der Waals surface area contributed by atoms with Crippen molar-refractivity contribution in [1.29, 1.82) is 0 Å². The highest BCUT2D eigenvalue weighted by atomic mass is 16.6. The maximum absolute atomic E-state index is 11.7. The molecule has 22 heavy (non-hydrogen) atoms. The van der Waals surface area contributed by atoms with Gasteiger partial charge in [-0.3, -0.25) is 0 Å². The minimum atomic E-state index is -0.219. The topological polar surface area (TPSA) is 79.4 Å². The SMILES string of the molecule is CCCNc1ccnc(NC2CCN(C(=O)OCC)CC2)n1. The van der Waals surface area contributed by atoms with Gasteiger partial charge in [0.2, 0.25) is 5.95 Å². The van der Waals surface area contributed by atoms with E-state index < -0.39 is 0 Å². The van der Waals surface area contributed by atoms with Gasteiger partial charge >= 0.3 is 6.09 Å². The van der Waals surface area contributed by atoms with Crippen LogP contribution in [0.2, 0.25) is 0 Å². The van der Waals surface area contributed by atoms with Crippen molar-refractivity contribution in [2.24, 2.45) is 0 Å². The van der Waals surface area contributed by atoms with Crippen LogP contribution in [0.4, 0.5) is 16.6 Å². The molecular weight excluding hydrogens is 282 g/mol. The van der Waals surface area contributed by atoms with Crippen molar-refractivity contribution >= 4 is 17.9 Å². The quantitative estimate of drug-likeness (QED) is 0.839. The molecule has 1 aliphatic rings. The molecule has 0 spiro atoms. The maximum atomic E-state index is 11.7. The lowest BCUT2D eigenvalue weighted by atomic mass is 10.1. The van der Waals surface area contributed by atoms with Crippen LogP contribution in [-0.4, -0.2) is 53.2 Å². The summed E-state index contributed by atoms with van der Waals surface area (Å²) >= 11 is 0. The Morgan fingerprint density at radius 2 is 2.18 bits per heavy atom. The molecule has 1 amide bonds. The summed E-state index contributed by atoms with van der Waals surface area (Å²) in [7, 11) is 0. The van der Waals surface area contributed by atoms with Crippen molar-refractivity contribution in [2.75, 3.05) is 36.9 Å². The molecule has 1 aromatic heterocycles. The van der Waals surface area contributed by atoms with Crippen molar-refractivity contribution in [3.05, 3.63) is 12.3 Å². The average molecular weight is 307 g/mol. The van der Waals surface area contributed by atoms with E-state index in [2.05, 4.69) is 27.5 Å². The van der Waals surface area contributed by atoms with Crippen LogP contribution in [0.1, 0.15) is 33.1 Å². The third-order valence-electron chi connectivity index (χ3n) is 3.57. The molecule has 7 nitrogen and oxygen atoms in total. The zero-order chi connectivity index (χ0) is 15.8. The zero-order valence-corrected chi connectivity index (χ0v) is 13.3. The number of carbonyl (C=O) groups is 1. The van der Waals surface area contributed by atoms with Crippen molar-refractivity contribution in [3.63, 3.8) is 0 Å². The zero-order valence-electron chi connectivity index (χ0n) is 13.3. The third kappa shape index (κ3) is 4.75. The molecule has 0 atom stereocenters. The fourth-order valence-electron chi connectivity index (χ4n) is 2.38. The number of piperidine rings is 1. The number of hydrogen-bond donors (Lipinski definition) is 2. The molecule has 0 aliphatic carbocycles. The monoisotopic (exact) mass is 307 g/mol. The van der Waals surface area contributed by atoms with E-state index in [-0.39, 0.29) is 12.1 Å². The van der Waals surface area contributed by atoms with Gasteiger partial charge in [-0.15, -0.1) is 0 Å². The summed E-state index contributed by atoms with van der Waals surface area (Å²) < 4.78 is 5.02. The first kappa shape index (κ1) is 16.3. The molecule has 2 heterocycles. The van der Waals surface area contributed by atoms with E-state index in [1.165, 1.54) is 0 Å². The van der Waals surface area contributed by atoms with E-state index in [0.29, 0.717) is 25.6 Å². The van der Waals surface area contributed by atoms with E-state index >= 15 is 0 Å². The number of hydrogen-bond acceptors (Lipinski definition) is 6. The molecular formula is C15H25N5O2. The number of aromatic nitrogens is 2. The Balaban J connectivity index is 1.81. The Kier molecular flexibility index (Phi) is 6.24. The van der Waals surface area contributed by atoms with Gasteiger partial charge in [0.1, 0.15) is 5.82 Å². The van der Waals surface area contributed by atoms with Crippen molar-refractivity contribution in [1.82, 2.24) is 14.9 Å². The van der Waals surface area contributed by atoms with Crippen molar-refractivity contribution < 1.29 is 9.53 Å². The van der Waals surface area contributed by atoms with Gasteiger partial charge in [0.15, 0.2) is 0 Å². The standard InChI is InChI=1S/C15H25N5O2/c1-3-8-16-13-5-9-17-14(19-13)18-12-6-10-20(11-7-12)15(21)22-4-2/h5,9,12H,3-4,6-8,10-11H2,1-2H3,(H2,16,17,18,19). The third-order valence-corrected chi connectivity index (χ3v) is 3.57. The van der Waals surface area contributed by atoms with E-state index in [0.717, 1.165) is 31.6 Å². The van der Waals surface area contributed by atoms with Crippen LogP contribution in [0.3, 0.4) is 0 Å². The van der Waals surface area contributed by atoms with Gasteiger partial charge in [-0.2, -0.15) is 4.98 Å². The fourth-order valence-corrected chi connectivity index (χ4v) is 2.38. The lowest BCUT2D eigenvalue weighted by molar-refractivity contribution is 0.0983. The normalized spacial score (nSPS) is 15.5. The van der Waals surface area contributed by atoms with E-state index in [1.54, 1.807) is 11.1 Å². The number of nitrogens with zero attached hydrogens (tertiary/aromatic N) is 3. The minimum Gasteiger partial charge on any atom is -0.450 e. The molecule has 2 N–H and O–H groups in total. The Morgan fingerprint density at radius 3 is 2.86 bits per heavy atom. The molecule has 0 radical (unpaired) electrons. The van der Waals surface area contributed by atoms with Gasteiger partial charge in [-0.1, -0.05) is 6.92 Å². The average Bonchev–Trinajstić information content (AvgIpc) is 2.54. The Labute approximate surface area is 131 Å². The summed E-state index contributed by atoms with van der Waals surface area (Å²) in [6.45, 7) is 6.65. The van der Waals surface area contributed by atoms with Crippen LogP contribution in [0.25, 0.3) is 0 Å². The smallest absolute Gasteiger partial charge is 0.409 e. The molecule has 1 saturated heterocycles. The molecule has 0 unspecified atom stereocenters. The number of rotatable bonds is 6. The van der Waals surface area contributed by atoms with Crippen molar-refractivity contribution in [3.8, 4) is 0 Å². The van der Waals surface area contributed by atoms with Crippen LogP contribution in [0.5, 0.6) is 0 Å². The predicted molar refractivity (Wildman–Crippen MR) is 86.1 cm³/mol. The first-order valence-corrected chi connectivity index (χ1v) is 7.98. The molecule has 0 saturated carbocycles. The van der Waals surface area contributed by atoms with E-state index in [4.69, 9.17) is 4.74 Å². The predicted octanol–water partition coefficient (Wildman–Crippen LogP) is 2.33. The molecule has 0 aromatic carbocycles. The molecule has 0 bridgehead atoms. The number of anilines is 2. The maximum Gasteiger partial charge on any atom is 0.409 e. The van der Waals surface area contributed by atoms with E-state index in [1.807, 2.05) is 13.0 Å². The molecule has 1 aromatic rings. The molecule has 1 fully saturated rings. The number of ether oxygens (including phenoxy) is 1. The first-order chi connectivity index (χ1) is 10.7. The van der Waals surface area contributed by atoms with E-state index in [9.17, 15) is 4.79 Å². The highest BCUT2D eigenvalue weighted by Crippen LogP contribution is 2.15. The van der Waals surface area contributed by atoms with Crippen LogP contribution in [-0.2, 0) is 4.74 Å². The lowest BCUT2D eigenvalue weighted by Gasteiger charge is -2.31. The summed E-state index contributed by atoms with van der Waals surface area (Å²) in [5.41, 5.74) is 0. The summed E-state index contributed by atoms with van der Waals surface area (Å²) in [5.74, 6) is 1.47. The number of nitrogens with one attached hydrogen (secondary N) is 2. The molecule has 122 valence electrons. The summed E-state index contributed by atoms with van der Waals surface area (Å²) in [5, 5.41) is 6.60.